The van der Waals surface area contributed by atoms with Gasteiger partial charge in [-0.2, -0.15) is 0 Å². The zero-order valence-electron chi connectivity index (χ0n) is 6.14. The zero-order valence-corrected chi connectivity index (χ0v) is 7.73. The minimum Gasteiger partial charge on any atom is -0.481 e. The molecule has 0 radical (unpaired) electrons. The maximum atomic E-state index is 10.1. The van der Waals surface area contributed by atoms with E-state index in [-0.39, 0.29) is 0 Å². The molecule has 1 unspecified atom stereocenters. The van der Waals surface area contributed by atoms with Crippen molar-refractivity contribution in [1.82, 2.24) is 0 Å². The molecule has 0 bridgehead atoms. The highest BCUT2D eigenvalue weighted by atomic mass is 79.9. The van der Waals surface area contributed by atoms with Gasteiger partial charge in [0.15, 0.2) is 0 Å². The lowest BCUT2D eigenvalue weighted by Crippen LogP contribution is -1.99. The van der Waals surface area contributed by atoms with Crippen molar-refractivity contribution in [1.29, 1.82) is 0 Å². The van der Waals surface area contributed by atoms with Crippen molar-refractivity contribution in [2.24, 2.45) is 0 Å². The highest BCUT2D eigenvalue weighted by Gasteiger charge is 2.02. The van der Waals surface area contributed by atoms with Crippen molar-refractivity contribution in [2.45, 2.75) is 37.4 Å². The van der Waals surface area contributed by atoms with Crippen LogP contribution in [0.5, 0.6) is 0 Å². The first-order valence-corrected chi connectivity index (χ1v) is 4.44. The molecule has 0 aromatic carbocycles. The summed E-state index contributed by atoms with van der Waals surface area (Å²) in [7, 11) is 0. The number of halogens is 1. The molecule has 0 aromatic rings. The number of rotatable bonds is 5. The first-order valence-electron chi connectivity index (χ1n) is 3.52. The minimum atomic E-state index is -0.698. The molecule has 1 atom stereocenters. The largest absolute Gasteiger partial charge is 0.481 e. The summed E-state index contributed by atoms with van der Waals surface area (Å²) in [5.74, 6) is -0.698. The first-order chi connectivity index (χ1) is 4.66. The van der Waals surface area contributed by atoms with E-state index in [4.69, 9.17) is 5.11 Å². The predicted molar refractivity (Wildman–Crippen MR) is 44.5 cm³/mol. The fraction of sp³-hybridized carbons (Fsp3) is 0.857. The van der Waals surface area contributed by atoms with E-state index in [1.54, 1.807) is 0 Å². The van der Waals surface area contributed by atoms with Crippen LogP contribution in [0.15, 0.2) is 0 Å². The molecule has 0 aliphatic rings. The third-order valence-corrected chi connectivity index (χ3v) is 2.46. The molecule has 0 aliphatic carbocycles. The van der Waals surface area contributed by atoms with Gasteiger partial charge in [0, 0.05) is 11.2 Å². The number of aliphatic carboxylic acids is 1. The molecule has 0 heterocycles. The summed E-state index contributed by atoms with van der Waals surface area (Å²) >= 11 is 3.43. The fourth-order valence-electron chi connectivity index (χ4n) is 0.679. The first kappa shape index (κ1) is 9.95. The van der Waals surface area contributed by atoms with Gasteiger partial charge < -0.3 is 5.11 Å². The van der Waals surface area contributed by atoms with E-state index in [0.717, 1.165) is 19.3 Å². The number of hydrogen-bond donors (Lipinski definition) is 1. The van der Waals surface area contributed by atoms with Gasteiger partial charge in [0.2, 0.25) is 0 Å². The molecule has 0 aromatic heterocycles. The van der Waals surface area contributed by atoms with Crippen LogP contribution in [0.4, 0.5) is 0 Å². The summed E-state index contributed by atoms with van der Waals surface area (Å²) in [6, 6.07) is 0. The van der Waals surface area contributed by atoms with E-state index in [0.29, 0.717) is 11.2 Å². The number of carboxylic acid groups (broad SMARTS) is 1. The lowest BCUT2D eigenvalue weighted by atomic mass is 10.1. The van der Waals surface area contributed by atoms with Crippen LogP contribution < -0.4 is 0 Å². The van der Waals surface area contributed by atoms with Crippen LogP contribution >= 0.6 is 15.9 Å². The lowest BCUT2D eigenvalue weighted by Gasteiger charge is -2.02. The van der Waals surface area contributed by atoms with Crippen molar-refractivity contribution in [3.05, 3.63) is 0 Å². The maximum absolute atomic E-state index is 10.1. The monoisotopic (exact) mass is 208 g/mol. The molecule has 0 saturated heterocycles. The van der Waals surface area contributed by atoms with Gasteiger partial charge in [-0.05, 0) is 19.3 Å². The van der Waals surface area contributed by atoms with E-state index >= 15 is 0 Å². The Labute approximate surface area is 69.8 Å². The van der Waals surface area contributed by atoms with Gasteiger partial charge >= 0.3 is 5.97 Å². The number of carboxylic acids is 1. The molecule has 0 fully saturated rings. The zero-order chi connectivity index (χ0) is 7.98. The number of alkyl halides is 1. The van der Waals surface area contributed by atoms with Crippen LogP contribution in [0.2, 0.25) is 0 Å². The van der Waals surface area contributed by atoms with Gasteiger partial charge in [0.25, 0.3) is 0 Å². The van der Waals surface area contributed by atoms with Crippen LogP contribution in [0.1, 0.15) is 32.6 Å². The van der Waals surface area contributed by atoms with Gasteiger partial charge in [-0.3, -0.25) is 4.79 Å². The maximum Gasteiger partial charge on any atom is 0.303 e. The smallest absolute Gasteiger partial charge is 0.303 e. The van der Waals surface area contributed by atoms with Crippen molar-refractivity contribution in [3.8, 4) is 0 Å². The van der Waals surface area contributed by atoms with Gasteiger partial charge in [-0.25, -0.2) is 0 Å². The summed E-state index contributed by atoms with van der Waals surface area (Å²) in [6.07, 6.45) is 3.10. The topological polar surface area (TPSA) is 37.3 Å². The highest BCUT2D eigenvalue weighted by Crippen LogP contribution is 2.12. The van der Waals surface area contributed by atoms with Crippen LogP contribution in [0, 0.1) is 0 Å². The Kier molecular flexibility index (Phi) is 5.69. The lowest BCUT2D eigenvalue weighted by molar-refractivity contribution is -0.137. The second-order valence-electron chi connectivity index (χ2n) is 2.29. The number of hydrogen-bond acceptors (Lipinski definition) is 1. The fourth-order valence-corrected chi connectivity index (χ4v) is 1.00. The van der Waals surface area contributed by atoms with Crippen molar-refractivity contribution in [2.75, 3.05) is 0 Å². The Morgan fingerprint density at radius 2 is 2.30 bits per heavy atom. The molecule has 10 heavy (non-hydrogen) atoms. The van der Waals surface area contributed by atoms with E-state index in [1.165, 1.54) is 0 Å². The standard InChI is InChI=1S/C7H13BrO2/c1-2-6(8)4-3-5-7(9)10/h6H,2-5H2,1H3,(H,9,10). The van der Waals surface area contributed by atoms with E-state index < -0.39 is 5.97 Å². The van der Waals surface area contributed by atoms with Gasteiger partial charge in [-0.1, -0.05) is 22.9 Å². The van der Waals surface area contributed by atoms with E-state index in [9.17, 15) is 4.79 Å². The van der Waals surface area contributed by atoms with Crippen molar-refractivity contribution >= 4 is 21.9 Å². The molecule has 60 valence electrons. The summed E-state index contributed by atoms with van der Waals surface area (Å²) in [6.45, 7) is 2.08. The summed E-state index contributed by atoms with van der Waals surface area (Å²) < 4.78 is 0. The van der Waals surface area contributed by atoms with E-state index in [1.807, 2.05) is 0 Å². The Morgan fingerprint density at radius 1 is 1.70 bits per heavy atom. The van der Waals surface area contributed by atoms with Crippen LogP contribution in [-0.2, 0) is 4.79 Å². The molecule has 3 heteroatoms. The summed E-state index contributed by atoms with van der Waals surface area (Å²) in [4.78, 5) is 10.5. The average molecular weight is 209 g/mol. The van der Waals surface area contributed by atoms with Crippen LogP contribution in [0.25, 0.3) is 0 Å². The average Bonchev–Trinajstić information content (AvgIpc) is 1.87. The van der Waals surface area contributed by atoms with Gasteiger partial charge in [-0.15, -0.1) is 0 Å². The minimum absolute atomic E-state index is 0.294. The summed E-state index contributed by atoms with van der Waals surface area (Å²) in [5.41, 5.74) is 0. The molecule has 0 saturated carbocycles. The van der Waals surface area contributed by atoms with Crippen molar-refractivity contribution in [3.63, 3.8) is 0 Å². The van der Waals surface area contributed by atoms with E-state index in [2.05, 4.69) is 22.9 Å². The second kappa shape index (κ2) is 5.71. The SMILES string of the molecule is CCC(Br)CCCC(=O)O. The molecule has 0 spiro atoms. The molecule has 0 aliphatic heterocycles. The predicted octanol–water partition coefficient (Wildman–Crippen LogP) is 2.41. The Hall–Kier alpha value is -0.0500. The molecular weight excluding hydrogens is 196 g/mol. The van der Waals surface area contributed by atoms with Gasteiger partial charge in [0.1, 0.15) is 0 Å². The summed E-state index contributed by atoms with van der Waals surface area (Å²) in [5, 5.41) is 8.28. The van der Waals surface area contributed by atoms with Crippen molar-refractivity contribution < 1.29 is 9.90 Å². The van der Waals surface area contributed by atoms with Crippen LogP contribution in [0.3, 0.4) is 0 Å². The quantitative estimate of drug-likeness (QED) is 0.706. The molecule has 0 amide bonds. The number of carbonyl (C=O) groups is 1. The molecule has 1 N–H and O–H groups in total. The second-order valence-corrected chi connectivity index (χ2v) is 3.59. The third kappa shape index (κ3) is 6.08. The normalized spacial score (nSPS) is 13.0. The molecular formula is C7H13BrO2. The van der Waals surface area contributed by atoms with Crippen LogP contribution in [-0.4, -0.2) is 15.9 Å². The van der Waals surface area contributed by atoms with Gasteiger partial charge in [0.05, 0.1) is 0 Å². The Balaban J connectivity index is 3.11. The Morgan fingerprint density at radius 3 is 2.70 bits per heavy atom. The highest BCUT2D eigenvalue weighted by molar-refractivity contribution is 9.09. The molecule has 0 rings (SSSR count). The molecule has 2 nitrogen and oxygen atoms in total. The Bertz CT molecular complexity index is 104. The third-order valence-electron chi connectivity index (χ3n) is 1.35.